The molecule has 0 aliphatic rings. The first-order chi connectivity index (χ1) is 8.15. The molecule has 0 spiro atoms. The summed E-state index contributed by atoms with van der Waals surface area (Å²) in [4.78, 5) is 8.25. The van der Waals surface area contributed by atoms with Crippen molar-refractivity contribution in [3.63, 3.8) is 0 Å². The normalized spacial score (nSPS) is 12.4. The zero-order chi connectivity index (χ0) is 12.3. The Morgan fingerprint density at radius 2 is 2.18 bits per heavy atom. The van der Waals surface area contributed by atoms with Crippen LogP contribution in [-0.2, 0) is 6.42 Å². The summed E-state index contributed by atoms with van der Waals surface area (Å²) in [7, 11) is 0. The average Bonchev–Trinajstić information content (AvgIpc) is 2.29. The van der Waals surface area contributed by atoms with E-state index in [1.54, 1.807) is 18.6 Å². The Balaban J connectivity index is 2.14. The average molecular weight is 293 g/mol. The molecule has 17 heavy (non-hydrogen) atoms. The van der Waals surface area contributed by atoms with Crippen molar-refractivity contribution in [1.82, 2.24) is 9.97 Å². The molecular weight excluding hydrogens is 280 g/mol. The number of rotatable bonds is 3. The second-order valence-electron chi connectivity index (χ2n) is 3.99. The molecule has 2 aromatic rings. The van der Waals surface area contributed by atoms with Gasteiger partial charge in [-0.25, -0.2) is 0 Å². The van der Waals surface area contributed by atoms with Crippen LogP contribution < -0.4 is 0 Å². The number of aryl methyl sites for hydroxylation is 1. The van der Waals surface area contributed by atoms with Gasteiger partial charge in [-0.1, -0.05) is 0 Å². The smallest absolute Gasteiger partial charge is 0.100 e. The Bertz CT molecular complexity index is 516. The lowest BCUT2D eigenvalue weighted by Crippen LogP contribution is -2.04. The first kappa shape index (κ1) is 12.2. The SMILES string of the molecule is Cc1ccnc(C(O)Cc2cncc(Br)c2)c1. The van der Waals surface area contributed by atoms with Gasteiger partial charge in [0, 0.05) is 29.5 Å². The molecule has 0 aliphatic carbocycles. The number of hydrogen-bond acceptors (Lipinski definition) is 3. The maximum atomic E-state index is 10.1. The van der Waals surface area contributed by atoms with Crippen molar-refractivity contribution in [2.24, 2.45) is 0 Å². The highest BCUT2D eigenvalue weighted by Gasteiger charge is 2.10. The molecule has 1 atom stereocenters. The Morgan fingerprint density at radius 3 is 2.88 bits per heavy atom. The number of halogens is 1. The second kappa shape index (κ2) is 5.38. The monoisotopic (exact) mass is 292 g/mol. The van der Waals surface area contributed by atoms with Crippen LogP contribution in [0.3, 0.4) is 0 Å². The molecule has 0 aliphatic heterocycles. The topological polar surface area (TPSA) is 46.0 Å². The molecule has 0 amide bonds. The van der Waals surface area contributed by atoms with E-state index in [1.807, 2.05) is 25.1 Å². The minimum absolute atomic E-state index is 0.517. The van der Waals surface area contributed by atoms with Crippen molar-refractivity contribution in [1.29, 1.82) is 0 Å². The standard InChI is InChI=1S/C13H13BrN2O/c1-9-2-3-16-12(4-9)13(17)6-10-5-11(14)8-15-7-10/h2-5,7-8,13,17H,6H2,1H3. The number of hydrogen-bond donors (Lipinski definition) is 1. The van der Waals surface area contributed by atoms with Gasteiger partial charge in [-0.15, -0.1) is 0 Å². The number of nitrogens with zero attached hydrogens (tertiary/aromatic N) is 2. The summed E-state index contributed by atoms with van der Waals surface area (Å²) < 4.78 is 0.916. The van der Waals surface area contributed by atoms with Crippen LogP contribution in [0.15, 0.2) is 41.3 Å². The zero-order valence-corrected chi connectivity index (χ0v) is 11.1. The van der Waals surface area contributed by atoms with Crippen molar-refractivity contribution in [3.05, 3.63) is 58.1 Å². The van der Waals surface area contributed by atoms with Crippen LogP contribution in [0.25, 0.3) is 0 Å². The molecular formula is C13H13BrN2O. The summed E-state index contributed by atoms with van der Waals surface area (Å²) in [6, 6.07) is 5.76. The highest BCUT2D eigenvalue weighted by Crippen LogP contribution is 2.18. The molecule has 3 nitrogen and oxygen atoms in total. The van der Waals surface area contributed by atoms with Gasteiger partial charge in [0.1, 0.15) is 6.10 Å². The molecule has 0 bridgehead atoms. The molecule has 88 valence electrons. The Kier molecular flexibility index (Phi) is 3.86. The van der Waals surface area contributed by atoms with Crippen molar-refractivity contribution in [3.8, 4) is 0 Å². The van der Waals surface area contributed by atoms with Crippen LogP contribution in [0, 0.1) is 6.92 Å². The summed E-state index contributed by atoms with van der Waals surface area (Å²) in [6.45, 7) is 1.98. The van der Waals surface area contributed by atoms with Gasteiger partial charge in [0.15, 0.2) is 0 Å². The van der Waals surface area contributed by atoms with E-state index in [9.17, 15) is 5.11 Å². The maximum absolute atomic E-state index is 10.1. The van der Waals surface area contributed by atoms with Crippen molar-refractivity contribution in [2.45, 2.75) is 19.4 Å². The van der Waals surface area contributed by atoms with E-state index in [4.69, 9.17) is 0 Å². The van der Waals surface area contributed by atoms with Gasteiger partial charge < -0.3 is 5.11 Å². The fraction of sp³-hybridized carbons (Fsp3) is 0.231. The zero-order valence-electron chi connectivity index (χ0n) is 9.47. The van der Waals surface area contributed by atoms with Crippen LogP contribution in [0.2, 0.25) is 0 Å². The first-order valence-corrected chi connectivity index (χ1v) is 6.14. The van der Waals surface area contributed by atoms with Crippen LogP contribution in [0.1, 0.15) is 22.9 Å². The minimum atomic E-state index is -0.592. The van der Waals surface area contributed by atoms with Gasteiger partial charge in [-0.2, -0.15) is 0 Å². The van der Waals surface area contributed by atoms with E-state index < -0.39 is 6.10 Å². The van der Waals surface area contributed by atoms with Crippen molar-refractivity contribution in [2.75, 3.05) is 0 Å². The predicted molar refractivity (Wildman–Crippen MR) is 69.6 cm³/mol. The number of aliphatic hydroxyl groups excluding tert-OH is 1. The third-order valence-electron chi connectivity index (χ3n) is 2.47. The fourth-order valence-electron chi connectivity index (χ4n) is 1.64. The third-order valence-corrected chi connectivity index (χ3v) is 2.90. The van der Waals surface area contributed by atoms with Gasteiger partial charge in [0.25, 0.3) is 0 Å². The molecule has 0 fully saturated rings. The molecule has 0 radical (unpaired) electrons. The first-order valence-electron chi connectivity index (χ1n) is 5.35. The molecule has 2 aromatic heterocycles. The van der Waals surface area contributed by atoms with E-state index in [0.29, 0.717) is 12.1 Å². The van der Waals surface area contributed by atoms with Crippen molar-refractivity contribution < 1.29 is 5.11 Å². The summed E-state index contributed by atoms with van der Waals surface area (Å²) in [5.41, 5.74) is 2.78. The number of aromatic nitrogens is 2. The number of aliphatic hydroxyl groups is 1. The maximum Gasteiger partial charge on any atom is 0.100 e. The Labute approximate surface area is 109 Å². The highest BCUT2D eigenvalue weighted by molar-refractivity contribution is 9.10. The molecule has 1 unspecified atom stereocenters. The number of pyridine rings is 2. The summed E-state index contributed by atoms with van der Waals surface area (Å²) in [5, 5.41) is 10.1. The molecule has 4 heteroatoms. The predicted octanol–water partition coefficient (Wildman–Crippen LogP) is 2.82. The molecule has 2 rings (SSSR count). The van der Waals surface area contributed by atoms with Crippen LogP contribution >= 0.6 is 15.9 Å². The molecule has 0 saturated carbocycles. The summed E-state index contributed by atoms with van der Waals surface area (Å²) in [6.07, 6.45) is 5.12. The van der Waals surface area contributed by atoms with Gasteiger partial charge in [0.2, 0.25) is 0 Å². The second-order valence-corrected chi connectivity index (χ2v) is 4.91. The van der Waals surface area contributed by atoms with Gasteiger partial charge in [-0.3, -0.25) is 9.97 Å². The minimum Gasteiger partial charge on any atom is -0.386 e. The van der Waals surface area contributed by atoms with Gasteiger partial charge in [0.05, 0.1) is 5.69 Å². The van der Waals surface area contributed by atoms with Crippen LogP contribution in [0.4, 0.5) is 0 Å². The Hall–Kier alpha value is -1.26. The Morgan fingerprint density at radius 1 is 1.35 bits per heavy atom. The third kappa shape index (κ3) is 3.35. The lowest BCUT2D eigenvalue weighted by molar-refractivity contribution is 0.173. The summed E-state index contributed by atoms with van der Waals surface area (Å²) in [5.74, 6) is 0. The van der Waals surface area contributed by atoms with E-state index in [2.05, 4.69) is 25.9 Å². The molecule has 0 aromatic carbocycles. The van der Waals surface area contributed by atoms with E-state index in [0.717, 1.165) is 15.6 Å². The largest absolute Gasteiger partial charge is 0.386 e. The van der Waals surface area contributed by atoms with Gasteiger partial charge >= 0.3 is 0 Å². The highest BCUT2D eigenvalue weighted by atomic mass is 79.9. The van der Waals surface area contributed by atoms with Crippen LogP contribution in [-0.4, -0.2) is 15.1 Å². The molecule has 2 heterocycles. The van der Waals surface area contributed by atoms with E-state index in [-0.39, 0.29) is 0 Å². The van der Waals surface area contributed by atoms with Crippen molar-refractivity contribution >= 4 is 15.9 Å². The lowest BCUT2D eigenvalue weighted by atomic mass is 10.1. The van der Waals surface area contributed by atoms with E-state index in [1.165, 1.54) is 0 Å². The summed E-state index contributed by atoms with van der Waals surface area (Å²) >= 11 is 3.36. The van der Waals surface area contributed by atoms with Crippen LogP contribution in [0.5, 0.6) is 0 Å². The molecule has 1 N–H and O–H groups in total. The quantitative estimate of drug-likeness (QED) is 0.946. The van der Waals surface area contributed by atoms with E-state index >= 15 is 0 Å². The van der Waals surface area contributed by atoms with Gasteiger partial charge in [-0.05, 0) is 52.2 Å². The molecule has 0 saturated heterocycles. The fourth-order valence-corrected chi connectivity index (χ4v) is 2.05. The lowest BCUT2D eigenvalue weighted by Gasteiger charge is -2.10.